The molecule has 0 saturated heterocycles. The average Bonchev–Trinajstić information content (AvgIpc) is 2.44. The number of hydrogen-bond acceptors (Lipinski definition) is 3. The van der Waals surface area contributed by atoms with Gasteiger partial charge >= 0.3 is 0 Å². The number of aryl methyl sites for hydroxylation is 1. The van der Waals surface area contributed by atoms with Crippen LogP contribution in [0.15, 0.2) is 41.3 Å². The van der Waals surface area contributed by atoms with E-state index in [1.807, 2.05) is 0 Å². The highest BCUT2D eigenvalue weighted by atomic mass is 32.2. The Morgan fingerprint density at radius 1 is 1.00 bits per heavy atom. The van der Waals surface area contributed by atoms with Gasteiger partial charge in [0.05, 0.1) is 16.3 Å². The number of benzene rings is 2. The zero-order chi connectivity index (χ0) is 17.2. The normalized spacial score (nSPS) is 11.1. The van der Waals surface area contributed by atoms with E-state index < -0.39 is 26.6 Å². The first kappa shape index (κ1) is 16.9. The Morgan fingerprint density at radius 2 is 1.70 bits per heavy atom. The molecule has 23 heavy (non-hydrogen) atoms. The third-order valence-corrected chi connectivity index (χ3v) is 4.29. The van der Waals surface area contributed by atoms with Crippen LogP contribution < -0.4 is 10.0 Å². The zero-order valence-electron chi connectivity index (χ0n) is 12.4. The van der Waals surface area contributed by atoms with Crippen molar-refractivity contribution in [3.05, 3.63) is 53.6 Å². The first-order valence-electron chi connectivity index (χ1n) is 6.55. The topological polar surface area (TPSA) is 75.3 Å². The Labute approximate surface area is 132 Å². The number of halogens is 2. The van der Waals surface area contributed by atoms with Gasteiger partial charge in [-0.15, -0.1) is 0 Å². The molecule has 0 fully saturated rings. The van der Waals surface area contributed by atoms with Crippen LogP contribution in [-0.2, 0) is 14.8 Å². The Morgan fingerprint density at radius 3 is 2.30 bits per heavy atom. The summed E-state index contributed by atoms with van der Waals surface area (Å²) in [5, 5.41) is 2.50. The molecule has 2 rings (SSSR count). The maximum Gasteiger partial charge on any atom is 0.262 e. The summed E-state index contributed by atoms with van der Waals surface area (Å²) in [7, 11) is -4.14. The Bertz CT molecular complexity index is 867. The molecular formula is C15H14F2N2O3S. The fourth-order valence-electron chi connectivity index (χ4n) is 1.89. The fourth-order valence-corrected chi connectivity index (χ4v) is 2.97. The number of sulfonamides is 1. The summed E-state index contributed by atoms with van der Waals surface area (Å²) in [6.07, 6.45) is 0. The molecule has 0 unspecified atom stereocenters. The third-order valence-electron chi connectivity index (χ3n) is 2.93. The van der Waals surface area contributed by atoms with Gasteiger partial charge in [-0.25, -0.2) is 17.2 Å². The van der Waals surface area contributed by atoms with E-state index in [0.717, 1.165) is 17.7 Å². The van der Waals surface area contributed by atoms with Gasteiger partial charge in [0.15, 0.2) is 11.6 Å². The van der Waals surface area contributed by atoms with E-state index in [1.165, 1.54) is 13.0 Å². The van der Waals surface area contributed by atoms with Crippen LogP contribution in [0.25, 0.3) is 0 Å². The lowest BCUT2D eigenvalue weighted by Crippen LogP contribution is -2.16. The number of nitrogens with one attached hydrogen (secondary N) is 2. The summed E-state index contributed by atoms with van der Waals surface area (Å²) >= 11 is 0. The maximum absolute atomic E-state index is 13.2. The standard InChI is InChI=1S/C15H14F2N2O3S/c1-9-3-6-14(18-10(2)20)15(7-9)19-23(21,22)11-4-5-12(16)13(17)8-11/h3-8,19H,1-2H3,(H,18,20). The molecule has 0 radical (unpaired) electrons. The number of rotatable bonds is 4. The number of carbonyl (C=O) groups is 1. The van der Waals surface area contributed by atoms with Crippen LogP contribution in [0.5, 0.6) is 0 Å². The van der Waals surface area contributed by atoms with Gasteiger partial charge in [0.1, 0.15) is 0 Å². The van der Waals surface area contributed by atoms with Gasteiger partial charge in [0, 0.05) is 6.92 Å². The van der Waals surface area contributed by atoms with Gasteiger partial charge in [0.2, 0.25) is 5.91 Å². The lowest BCUT2D eigenvalue weighted by Gasteiger charge is -2.14. The van der Waals surface area contributed by atoms with Crippen molar-refractivity contribution < 1.29 is 22.0 Å². The summed E-state index contributed by atoms with van der Waals surface area (Å²) in [6.45, 7) is 3.03. The van der Waals surface area contributed by atoms with E-state index in [0.29, 0.717) is 6.07 Å². The summed E-state index contributed by atoms with van der Waals surface area (Å²) in [5.41, 5.74) is 1.14. The molecule has 0 aliphatic carbocycles. The highest BCUT2D eigenvalue weighted by Gasteiger charge is 2.18. The van der Waals surface area contributed by atoms with Crippen LogP contribution in [-0.4, -0.2) is 14.3 Å². The third kappa shape index (κ3) is 4.04. The minimum absolute atomic E-state index is 0.130. The second kappa shape index (κ2) is 6.33. The number of anilines is 2. The molecule has 0 spiro atoms. The number of hydrogen-bond donors (Lipinski definition) is 2. The first-order chi connectivity index (χ1) is 10.7. The van der Waals surface area contributed by atoms with E-state index in [-0.39, 0.29) is 17.3 Å². The van der Waals surface area contributed by atoms with Crippen molar-refractivity contribution >= 4 is 27.3 Å². The molecule has 1 amide bonds. The van der Waals surface area contributed by atoms with Crippen molar-refractivity contribution in [2.45, 2.75) is 18.7 Å². The molecule has 0 atom stereocenters. The van der Waals surface area contributed by atoms with E-state index in [9.17, 15) is 22.0 Å². The molecule has 2 aromatic carbocycles. The minimum atomic E-state index is -4.14. The SMILES string of the molecule is CC(=O)Nc1ccc(C)cc1NS(=O)(=O)c1ccc(F)c(F)c1. The molecule has 0 bridgehead atoms. The van der Waals surface area contributed by atoms with Crippen molar-refractivity contribution in [2.75, 3.05) is 10.0 Å². The van der Waals surface area contributed by atoms with E-state index in [1.54, 1.807) is 19.1 Å². The second-order valence-corrected chi connectivity index (χ2v) is 6.59. The lowest BCUT2D eigenvalue weighted by molar-refractivity contribution is -0.114. The molecule has 0 aromatic heterocycles. The van der Waals surface area contributed by atoms with Gasteiger partial charge in [-0.1, -0.05) is 6.07 Å². The van der Waals surface area contributed by atoms with Gasteiger partial charge < -0.3 is 5.32 Å². The van der Waals surface area contributed by atoms with Crippen LogP contribution in [0, 0.1) is 18.6 Å². The highest BCUT2D eigenvalue weighted by Crippen LogP contribution is 2.26. The number of carbonyl (C=O) groups excluding carboxylic acids is 1. The predicted molar refractivity (Wildman–Crippen MR) is 82.6 cm³/mol. The molecule has 0 aliphatic heterocycles. The highest BCUT2D eigenvalue weighted by molar-refractivity contribution is 7.92. The quantitative estimate of drug-likeness (QED) is 0.898. The van der Waals surface area contributed by atoms with Crippen LogP contribution >= 0.6 is 0 Å². The van der Waals surface area contributed by atoms with Crippen LogP contribution in [0.1, 0.15) is 12.5 Å². The molecule has 5 nitrogen and oxygen atoms in total. The van der Waals surface area contributed by atoms with Gasteiger partial charge in [0.25, 0.3) is 10.0 Å². The monoisotopic (exact) mass is 340 g/mol. The van der Waals surface area contributed by atoms with Crippen molar-refractivity contribution in [3.63, 3.8) is 0 Å². The predicted octanol–water partition coefficient (Wildman–Crippen LogP) is 3.03. The molecular weight excluding hydrogens is 326 g/mol. The van der Waals surface area contributed by atoms with E-state index in [2.05, 4.69) is 10.0 Å². The fraction of sp³-hybridized carbons (Fsp3) is 0.133. The van der Waals surface area contributed by atoms with Gasteiger partial charge in [-0.3, -0.25) is 9.52 Å². The first-order valence-corrected chi connectivity index (χ1v) is 8.03. The summed E-state index contributed by atoms with van der Waals surface area (Å²) < 4.78 is 53.0. The van der Waals surface area contributed by atoms with E-state index in [4.69, 9.17) is 0 Å². The summed E-state index contributed by atoms with van der Waals surface area (Å²) in [6, 6.07) is 7.03. The van der Waals surface area contributed by atoms with Crippen LogP contribution in [0.4, 0.5) is 20.2 Å². The smallest absolute Gasteiger partial charge is 0.262 e. The lowest BCUT2D eigenvalue weighted by atomic mass is 10.2. The van der Waals surface area contributed by atoms with E-state index >= 15 is 0 Å². The maximum atomic E-state index is 13.2. The largest absolute Gasteiger partial charge is 0.325 e. The average molecular weight is 340 g/mol. The van der Waals surface area contributed by atoms with Gasteiger partial charge in [-0.2, -0.15) is 0 Å². The number of amides is 1. The second-order valence-electron chi connectivity index (χ2n) is 4.91. The van der Waals surface area contributed by atoms with Gasteiger partial charge in [-0.05, 0) is 42.8 Å². The van der Waals surface area contributed by atoms with Crippen molar-refractivity contribution in [2.24, 2.45) is 0 Å². The Hall–Kier alpha value is -2.48. The molecule has 2 aromatic rings. The molecule has 122 valence electrons. The Balaban J connectivity index is 2.42. The zero-order valence-corrected chi connectivity index (χ0v) is 13.2. The van der Waals surface area contributed by atoms with Crippen LogP contribution in [0.2, 0.25) is 0 Å². The Kier molecular flexibility index (Phi) is 4.65. The molecule has 8 heteroatoms. The molecule has 0 saturated carbocycles. The minimum Gasteiger partial charge on any atom is -0.325 e. The summed E-state index contributed by atoms with van der Waals surface area (Å²) in [4.78, 5) is 10.8. The summed E-state index contributed by atoms with van der Waals surface area (Å²) in [5.74, 6) is -2.78. The molecule has 0 aliphatic rings. The van der Waals surface area contributed by atoms with Crippen molar-refractivity contribution in [1.82, 2.24) is 0 Å². The van der Waals surface area contributed by atoms with Crippen molar-refractivity contribution in [1.29, 1.82) is 0 Å². The van der Waals surface area contributed by atoms with Crippen LogP contribution in [0.3, 0.4) is 0 Å². The van der Waals surface area contributed by atoms with Crippen molar-refractivity contribution in [3.8, 4) is 0 Å². The molecule has 2 N–H and O–H groups in total. The molecule has 0 heterocycles.